The zero-order valence-corrected chi connectivity index (χ0v) is 31.9. The van der Waals surface area contributed by atoms with Crippen molar-refractivity contribution in [1.82, 2.24) is 0 Å². The molecule has 0 fully saturated rings. The van der Waals surface area contributed by atoms with Crippen molar-refractivity contribution in [3.05, 3.63) is 233 Å². The third kappa shape index (κ3) is 5.71. The molecule has 0 aromatic heterocycles. The quantitative estimate of drug-likeness (QED) is 0.167. The molecule has 2 nitrogen and oxygen atoms in total. The summed E-state index contributed by atoms with van der Waals surface area (Å²) in [5.74, 6) is 1.07. The topological polar surface area (TPSA) is 12.5 Å². The number of hydrogen-bond donors (Lipinski definition) is 0. The van der Waals surface area contributed by atoms with Crippen molar-refractivity contribution in [2.45, 2.75) is 24.9 Å². The summed E-state index contributed by atoms with van der Waals surface area (Å²) in [5.41, 5.74) is 16.0. The van der Waals surface area contributed by atoms with Gasteiger partial charge in [-0.15, -0.1) is 0 Å². The van der Waals surface area contributed by atoms with Crippen LogP contribution in [0.15, 0.2) is 205 Å². The smallest absolute Gasteiger partial charge is 0.128 e. The molecule has 4 aliphatic rings. The van der Waals surface area contributed by atoms with Crippen LogP contribution in [0, 0.1) is 0 Å². The summed E-state index contributed by atoms with van der Waals surface area (Å²) in [6.45, 7) is 0. The molecule has 1 aliphatic heterocycles. The van der Waals surface area contributed by atoms with E-state index in [4.69, 9.17) is 4.74 Å². The third-order valence-corrected chi connectivity index (χ3v) is 12.3. The van der Waals surface area contributed by atoms with E-state index in [2.05, 4.69) is 206 Å². The molecule has 2 atom stereocenters. The summed E-state index contributed by atoms with van der Waals surface area (Å²) in [7, 11) is 2.19. The number of hydrogen-bond acceptors (Lipinski definition) is 2. The van der Waals surface area contributed by atoms with Crippen LogP contribution >= 0.6 is 0 Å². The van der Waals surface area contributed by atoms with Crippen LogP contribution in [0.25, 0.3) is 44.3 Å². The highest BCUT2D eigenvalue weighted by Crippen LogP contribution is 2.50. The highest BCUT2D eigenvalue weighted by molar-refractivity contribution is 6.13. The van der Waals surface area contributed by atoms with Crippen LogP contribution in [-0.4, -0.2) is 13.2 Å². The molecule has 0 spiro atoms. The maximum atomic E-state index is 6.70. The van der Waals surface area contributed by atoms with Crippen LogP contribution in [-0.2, 0) is 12.8 Å². The minimum Gasteiger partial charge on any atom is -0.485 e. The Bertz CT molecular complexity index is 2940. The van der Waals surface area contributed by atoms with E-state index in [1.165, 1.54) is 82.8 Å². The van der Waals surface area contributed by atoms with Crippen LogP contribution in [0.2, 0.25) is 0 Å². The van der Waals surface area contributed by atoms with Gasteiger partial charge in [0.2, 0.25) is 0 Å². The van der Waals surface area contributed by atoms with Gasteiger partial charge in [0.25, 0.3) is 0 Å². The molecule has 57 heavy (non-hydrogen) atoms. The second-order valence-electron chi connectivity index (χ2n) is 15.6. The Morgan fingerprint density at radius 2 is 1.37 bits per heavy atom. The molecule has 0 radical (unpaired) electrons. The van der Waals surface area contributed by atoms with E-state index < -0.39 is 0 Å². The molecule has 3 aliphatic carbocycles. The highest BCUT2D eigenvalue weighted by Gasteiger charge is 2.36. The van der Waals surface area contributed by atoms with Gasteiger partial charge < -0.3 is 9.64 Å². The van der Waals surface area contributed by atoms with E-state index in [1.54, 1.807) is 0 Å². The maximum Gasteiger partial charge on any atom is 0.128 e. The summed E-state index contributed by atoms with van der Waals surface area (Å²) in [6, 6.07) is 53.1. The van der Waals surface area contributed by atoms with E-state index in [0.29, 0.717) is 0 Å². The molecule has 11 rings (SSSR count). The first-order valence-corrected chi connectivity index (χ1v) is 20.1. The number of fused-ring (bicyclic) bond motifs is 13. The Labute approximate surface area is 334 Å². The van der Waals surface area contributed by atoms with Gasteiger partial charge in [0, 0.05) is 35.5 Å². The van der Waals surface area contributed by atoms with E-state index >= 15 is 0 Å². The molecule has 7 aromatic carbocycles. The van der Waals surface area contributed by atoms with Gasteiger partial charge in [-0.2, -0.15) is 0 Å². The lowest BCUT2D eigenvalue weighted by Gasteiger charge is -2.26. The van der Waals surface area contributed by atoms with E-state index in [1.807, 2.05) is 0 Å². The monoisotopic (exact) mass is 731 g/mol. The van der Waals surface area contributed by atoms with Gasteiger partial charge >= 0.3 is 0 Å². The molecule has 0 amide bonds. The lowest BCUT2D eigenvalue weighted by atomic mass is 9.81. The molecular formula is C55H41NO. The SMILES string of the molecule is CN(c1ccccc1)c1ccc2cc1C1=C(Cc3ccccc3)\C=C/Cc3c(c4ccccc4c4ccccc34)\C=C(\C=C\1)C1=CC3c4c(cccc4-2)OC3C=C1. The lowest BCUT2D eigenvalue weighted by molar-refractivity contribution is 0.268. The summed E-state index contributed by atoms with van der Waals surface area (Å²) >= 11 is 0. The first-order valence-electron chi connectivity index (χ1n) is 20.1. The maximum absolute atomic E-state index is 6.70. The molecule has 2 unspecified atom stereocenters. The van der Waals surface area contributed by atoms with Crippen LogP contribution in [0.4, 0.5) is 11.4 Å². The van der Waals surface area contributed by atoms with Gasteiger partial charge in [0.15, 0.2) is 0 Å². The van der Waals surface area contributed by atoms with Crippen molar-refractivity contribution in [2.24, 2.45) is 0 Å². The zero-order valence-electron chi connectivity index (χ0n) is 31.9. The molecule has 6 bridgehead atoms. The Morgan fingerprint density at radius 1 is 0.632 bits per heavy atom. The fourth-order valence-electron chi connectivity index (χ4n) is 9.54. The van der Waals surface area contributed by atoms with Crippen molar-refractivity contribution >= 4 is 44.6 Å². The number of anilines is 2. The first kappa shape index (κ1) is 33.4. The number of benzene rings is 7. The largest absolute Gasteiger partial charge is 0.485 e. The van der Waals surface area contributed by atoms with Crippen molar-refractivity contribution in [3.63, 3.8) is 0 Å². The standard InChI is InChI=1S/C55H41NO/c1-56(41-17-6-3-7-18-41)52-30-27-40-35-50(52)42-29-26-37(38-28-31-53-51(34-38)55-43(40)23-13-25-54(55)57-53)33-49-47-22-11-10-20-45(47)44-19-8-9-21-46(44)48(49)24-12-16-39(42)32-36-14-4-2-5-15-36/h2-23,25-31,33-35,51,53H,24,32H2,1H3/b16-12-,29-26+,37-33-,42-39+. The van der Waals surface area contributed by atoms with Gasteiger partial charge in [-0.3, -0.25) is 0 Å². The number of allylic oxidation sites excluding steroid dienone is 9. The predicted molar refractivity (Wildman–Crippen MR) is 239 cm³/mol. The van der Waals surface area contributed by atoms with Crippen molar-refractivity contribution in [1.29, 1.82) is 0 Å². The molecule has 0 saturated carbocycles. The summed E-state index contributed by atoms with van der Waals surface area (Å²) in [6.07, 6.45) is 20.6. The summed E-state index contributed by atoms with van der Waals surface area (Å²) < 4.78 is 6.70. The Morgan fingerprint density at radius 3 is 2.19 bits per heavy atom. The summed E-state index contributed by atoms with van der Waals surface area (Å²) in [4.78, 5) is 2.33. The van der Waals surface area contributed by atoms with Crippen LogP contribution in [0.1, 0.15) is 33.7 Å². The van der Waals surface area contributed by atoms with Gasteiger partial charge in [0.05, 0.1) is 0 Å². The van der Waals surface area contributed by atoms with E-state index in [-0.39, 0.29) is 12.0 Å². The summed E-state index contributed by atoms with van der Waals surface area (Å²) in [5, 5.41) is 5.16. The molecular weight excluding hydrogens is 691 g/mol. The second kappa shape index (κ2) is 13.7. The van der Waals surface area contributed by atoms with E-state index in [0.717, 1.165) is 30.0 Å². The van der Waals surface area contributed by atoms with Crippen LogP contribution in [0.5, 0.6) is 5.75 Å². The fraction of sp³-hybridized carbons (Fsp3) is 0.0909. The van der Waals surface area contributed by atoms with Crippen molar-refractivity contribution in [2.75, 3.05) is 11.9 Å². The molecule has 0 N–H and O–H groups in total. The van der Waals surface area contributed by atoms with Gasteiger partial charge in [-0.05, 0) is 127 Å². The fourth-order valence-corrected chi connectivity index (χ4v) is 9.54. The van der Waals surface area contributed by atoms with Crippen LogP contribution < -0.4 is 9.64 Å². The highest BCUT2D eigenvalue weighted by atomic mass is 16.5. The molecule has 0 saturated heterocycles. The average molecular weight is 732 g/mol. The second-order valence-corrected chi connectivity index (χ2v) is 15.6. The average Bonchev–Trinajstić information content (AvgIpc) is 3.63. The van der Waals surface area contributed by atoms with Crippen LogP contribution in [0.3, 0.4) is 0 Å². The Kier molecular flexibility index (Phi) is 8.03. The van der Waals surface area contributed by atoms with Gasteiger partial charge in [-0.25, -0.2) is 0 Å². The number of para-hydroxylation sites is 1. The number of nitrogens with zero attached hydrogens (tertiary/aromatic N) is 1. The number of ether oxygens (including phenoxy) is 1. The third-order valence-electron chi connectivity index (χ3n) is 12.3. The van der Waals surface area contributed by atoms with Gasteiger partial charge in [0.1, 0.15) is 11.9 Å². The normalized spacial score (nSPS) is 20.9. The lowest BCUT2D eigenvalue weighted by Crippen LogP contribution is -2.18. The zero-order chi connectivity index (χ0) is 37.9. The van der Waals surface area contributed by atoms with E-state index in [9.17, 15) is 0 Å². The van der Waals surface area contributed by atoms with Crippen molar-refractivity contribution < 1.29 is 4.74 Å². The minimum atomic E-state index is -0.0442. The number of rotatable bonds is 4. The van der Waals surface area contributed by atoms with Crippen molar-refractivity contribution in [3.8, 4) is 16.9 Å². The molecule has 7 aromatic rings. The Balaban J connectivity index is 1.26. The molecule has 2 heteroatoms. The van der Waals surface area contributed by atoms with Gasteiger partial charge in [-0.1, -0.05) is 152 Å². The Hall–Kier alpha value is -6.90. The molecule has 272 valence electrons. The minimum absolute atomic E-state index is 0.0442. The first-order chi connectivity index (χ1) is 28.2. The predicted octanol–water partition coefficient (Wildman–Crippen LogP) is 13.5. The molecule has 1 heterocycles.